The number of oxazole rings is 1. The van der Waals surface area contributed by atoms with E-state index in [4.69, 9.17) is 4.42 Å². The van der Waals surface area contributed by atoms with Crippen molar-refractivity contribution in [3.05, 3.63) is 34.3 Å². The van der Waals surface area contributed by atoms with E-state index in [2.05, 4.69) is 10.3 Å². The molecule has 0 aliphatic carbocycles. The Morgan fingerprint density at radius 1 is 1.44 bits per heavy atom. The Morgan fingerprint density at radius 2 is 2.31 bits per heavy atom. The van der Waals surface area contributed by atoms with Crippen molar-refractivity contribution in [1.29, 1.82) is 0 Å². The molecule has 2 atom stereocenters. The van der Waals surface area contributed by atoms with Crippen molar-refractivity contribution in [2.24, 2.45) is 0 Å². The van der Waals surface area contributed by atoms with Crippen LogP contribution in [0.15, 0.2) is 27.4 Å². The first-order valence-corrected chi connectivity index (χ1v) is 5.28. The van der Waals surface area contributed by atoms with Gasteiger partial charge in [0.1, 0.15) is 0 Å². The second-order valence-corrected chi connectivity index (χ2v) is 4.06. The van der Waals surface area contributed by atoms with Crippen molar-refractivity contribution in [3.63, 3.8) is 0 Å². The predicted molar refractivity (Wildman–Crippen MR) is 58.2 cm³/mol. The first-order chi connectivity index (χ1) is 7.74. The van der Waals surface area contributed by atoms with Crippen LogP contribution in [-0.4, -0.2) is 22.7 Å². The van der Waals surface area contributed by atoms with Crippen LogP contribution in [0.25, 0.3) is 11.1 Å². The number of rotatable bonds is 1. The number of hydrogen-bond acceptors (Lipinski definition) is 4. The van der Waals surface area contributed by atoms with Crippen LogP contribution in [-0.2, 0) is 0 Å². The molecule has 0 bridgehead atoms. The molecular formula is C11H12N2O3. The quantitative estimate of drug-likeness (QED) is 0.654. The highest BCUT2D eigenvalue weighted by Gasteiger charge is 2.26. The molecule has 16 heavy (non-hydrogen) atoms. The summed E-state index contributed by atoms with van der Waals surface area (Å²) >= 11 is 0. The van der Waals surface area contributed by atoms with Gasteiger partial charge in [0.15, 0.2) is 5.58 Å². The molecule has 0 amide bonds. The minimum atomic E-state index is -0.452. The van der Waals surface area contributed by atoms with E-state index in [1.807, 2.05) is 6.07 Å². The highest BCUT2D eigenvalue weighted by atomic mass is 16.4. The van der Waals surface area contributed by atoms with Crippen LogP contribution >= 0.6 is 0 Å². The summed E-state index contributed by atoms with van der Waals surface area (Å²) in [5, 5.41) is 13.0. The fourth-order valence-corrected chi connectivity index (χ4v) is 2.18. The van der Waals surface area contributed by atoms with E-state index >= 15 is 0 Å². The van der Waals surface area contributed by atoms with Crippen LogP contribution in [0.5, 0.6) is 0 Å². The molecule has 0 radical (unpaired) electrons. The molecule has 1 fully saturated rings. The molecular weight excluding hydrogens is 208 g/mol. The topological polar surface area (TPSA) is 78.3 Å². The van der Waals surface area contributed by atoms with E-state index in [0.29, 0.717) is 11.1 Å². The Kier molecular flexibility index (Phi) is 2.08. The van der Waals surface area contributed by atoms with Crippen molar-refractivity contribution in [1.82, 2.24) is 10.3 Å². The molecule has 2 unspecified atom stereocenters. The van der Waals surface area contributed by atoms with Gasteiger partial charge in [-0.3, -0.25) is 4.98 Å². The van der Waals surface area contributed by atoms with E-state index in [-0.39, 0.29) is 12.1 Å². The third-order valence-electron chi connectivity index (χ3n) is 2.99. The van der Waals surface area contributed by atoms with Gasteiger partial charge in [0.2, 0.25) is 0 Å². The molecule has 5 heteroatoms. The Balaban J connectivity index is 2.07. The molecule has 5 nitrogen and oxygen atoms in total. The van der Waals surface area contributed by atoms with E-state index in [9.17, 15) is 9.90 Å². The Labute approximate surface area is 91.1 Å². The first-order valence-electron chi connectivity index (χ1n) is 5.28. The van der Waals surface area contributed by atoms with E-state index in [0.717, 1.165) is 18.5 Å². The zero-order valence-electron chi connectivity index (χ0n) is 8.56. The van der Waals surface area contributed by atoms with Crippen LogP contribution in [0, 0.1) is 0 Å². The van der Waals surface area contributed by atoms with E-state index in [1.54, 1.807) is 12.1 Å². The summed E-state index contributed by atoms with van der Waals surface area (Å²) in [5.74, 6) is -0.452. The van der Waals surface area contributed by atoms with Crippen molar-refractivity contribution in [2.75, 3.05) is 6.54 Å². The summed E-state index contributed by atoms with van der Waals surface area (Å²) in [6.07, 6.45) is 0.378. The standard InChI is InChI=1S/C11H12N2O3/c14-8-3-4-12-10(8)6-1-2-7-9(5-6)16-11(15)13-7/h1-2,5,8,10,12,14H,3-4H2,(H,13,15). The number of fused-ring (bicyclic) bond motifs is 1. The van der Waals surface area contributed by atoms with Crippen LogP contribution in [0.2, 0.25) is 0 Å². The Bertz CT molecular complexity index is 572. The number of aromatic amines is 1. The molecule has 1 aliphatic rings. The van der Waals surface area contributed by atoms with Gasteiger partial charge >= 0.3 is 5.76 Å². The highest BCUT2D eigenvalue weighted by molar-refractivity contribution is 5.72. The predicted octanol–water partition coefficient (Wildman–Crippen LogP) is 0.516. The minimum Gasteiger partial charge on any atom is -0.408 e. The smallest absolute Gasteiger partial charge is 0.408 e. The van der Waals surface area contributed by atoms with Crippen LogP contribution in [0.3, 0.4) is 0 Å². The van der Waals surface area contributed by atoms with E-state index in [1.165, 1.54) is 0 Å². The maximum atomic E-state index is 11.0. The molecule has 0 saturated carbocycles. The van der Waals surface area contributed by atoms with Crippen LogP contribution < -0.4 is 11.1 Å². The molecule has 3 N–H and O–H groups in total. The highest BCUT2D eigenvalue weighted by Crippen LogP contribution is 2.25. The zero-order valence-corrected chi connectivity index (χ0v) is 8.56. The van der Waals surface area contributed by atoms with Crippen LogP contribution in [0.4, 0.5) is 0 Å². The summed E-state index contributed by atoms with van der Waals surface area (Å²) in [4.78, 5) is 13.6. The van der Waals surface area contributed by atoms with Gasteiger partial charge < -0.3 is 14.8 Å². The Hall–Kier alpha value is -1.59. The lowest BCUT2D eigenvalue weighted by atomic mass is 10.0. The molecule has 1 aliphatic heterocycles. The third-order valence-corrected chi connectivity index (χ3v) is 2.99. The number of aromatic nitrogens is 1. The zero-order chi connectivity index (χ0) is 11.1. The van der Waals surface area contributed by atoms with Gasteiger partial charge in [-0.05, 0) is 30.7 Å². The number of nitrogens with one attached hydrogen (secondary N) is 2. The van der Waals surface area contributed by atoms with Crippen molar-refractivity contribution < 1.29 is 9.52 Å². The largest absolute Gasteiger partial charge is 0.417 e. The van der Waals surface area contributed by atoms with E-state index < -0.39 is 5.76 Å². The number of hydrogen-bond donors (Lipinski definition) is 3. The normalized spacial score (nSPS) is 25.3. The number of aliphatic hydroxyl groups excluding tert-OH is 1. The minimum absolute atomic E-state index is 0.0652. The lowest BCUT2D eigenvalue weighted by Crippen LogP contribution is -2.20. The summed E-state index contributed by atoms with van der Waals surface area (Å²) in [7, 11) is 0. The summed E-state index contributed by atoms with van der Waals surface area (Å²) in [6.45, 7) is 0.807. The average Bonchev–Trinajstić information content (AvgIpc) is 2.81. The SMILES string of the molecule is O=c1[nH]c2ccc(C3NCCC3O)cc2o1. The molecule has 1 saturated heterocycles. The van der Waals surface area contributed by atoms with Gasteiger partial charge in [0.05, 0.1) is 17.7 Å². The fourth-order valence-electron chi connectivity index (χ4n) is 2.18. The van der Waals surface area contributed by atoms with Crippen LogP contribution in [0.1, 0.15) is 18.0 Å². The first kappa shape index (κ1) is 9.62. The van der Waals surface area contributed by atoms with Gasteiger partial charge in [-0.25, -0.2) is 4.79 Å². The molecule has 2 heterocycles. The van der Waals surface area contributed by atoms with Gasteiger partial charge in [-0.2, -0.15) is 0 Å². The number of aliphatic hydroxyl groups is 1. The van der Waals surface area contributed by atoms with Gasteiger partial charge in [0.25, 0.3) is 0 Å². The number of H-pyrrole nitrogens is 1. The summed E-state index contributed by atoms with van der Waals surface area (Å²) in [5.41, 5.74) is 2.16. The molecule has 0 spiro atoms. The maximum Gasteiger partial charge on any atom is 0.417 e. The lowest BCUT2D eigenvalue weighted by Gasteiger charge is -2.14. The van der Waals surface area contributed by atoms with Crippen molar-refractivity contribution >= 4 is 11.1 Å². The molecule has 2 aromatic rings. The second-order valence-electron chi connectivity index (χ2n) is 4.06. The number of benzene rings is 1. The molecule has 84 valence electrons. The second kappa shape index (κ2) is 3.47. The summed E-state index contributed by atoms with van der Waals surface area (Å²) in [6, 6.07) is 5.41. The third kappa shape index (κ3) is 1.45. The van der Waals surface area contributed by atoms with Gasteiger partial charge in [-0.15, -0.1) is 0 Å². The monoisotopic (exact) mass is 220 g/mol. The lowest BCUT2D eigenvalue weighted by molar-refractivity contribution is 0.160. The summed E-state index contributed by atoms with van der Waals surface area (Å²) < 4.78 is 4.98. The van der Waals surface area contributed by atoms with Gasteiger partial charge in [0, 0.05) is 0 Å². The molecule has 3 rings (SSSR count). The van der Waals surface area contributed by atoms with Gasteiger partial charge in [-0.1, -0.05) is 6.07 Å². The fraction of sp³-hybridized carbons (Fsp3) is 0.364. The maximum absolute atomic E-state index is 11.0. The molecule has 1 aromatic heterocycles. The van der Waals surface area contributed by atoms with Crippen molar-refractivity contribution in [3.8, 4) is 0 Å². The average molecular weight is 220 g/mol. The molecule has 1 aromatic carbocycles. The Morgan fingerprint density at radius 3 is 3.06 bits per heavy atom. The van der Waals surface area contributed by atoms with Crippen molar-refractivity contribution in [2.45, 2.75) is 18.6 Å².